The Morgan fingerprint density at radius 1 is 1.30 bits per heavy atom. The number of carbonyl (C=O) groups is 1. The number of phenolic OH excluding ortho intramolecular Hbond substituents is 1. The summed E-state index contributed by atoms with van der Waals surface area (Å²) in [5.74, 6) is 0.904. The van der Waals surface area contributed by atoms with Gasteiger partial charge in [-0.25, -0.2) is 0 Å². The molecule has 1 aromatic rings. The highest BCUT2D eigenvalue weighted by Gasteiger charge is 2.37. The molecule has 1 N–H and O–H groups in total. The van der Waals surface area contributed by atoms with Gasteiger partial charge in [-0.1, -0.05) is 6.92 Å². The van der Waals surface area contributed by atoms with Crippen molar-refractivity contribution in [1.29, 1.82) is 0 Å². The zero-order chi connectivity index (χ0) is 14.8. The number of carbonyl (C=O) groups excluding carboxylic acids is 1. The maximum absolute atomic E-state index is 11.6. The predicted octanol–water partition coefficient (Wildman–Crippen LogP) is 3.02. The number of aromatic hydroxyl groups is 1. The molecule has 1 aromatic carbocycles. The lowest BCUT2D eigenvalue weighted by molar-refractivity contribution is -0.146. The summed E-state index contributed by atoms with van der Waals surface area (Å²) < 4.78 is 10.1. The summed E-state index contributed by atoms with van der Waals surface area (Å²) in [5, 5.41) is 10.1. The number of ether oxygens (including phenoxy) is 2. The molecule has 1 fully saturated rings. The highest BCUT2D eigenvalue weighted by molar-refractivity contribution is 5.72. The SMILES string of the molecule is COC(=O)C1CCC(C)(c2cc(OC)ccc2O)CC1. The van der Waals surface area contributed by atoms with Gasteiger partial charge in [0.1, 0.15) is 11.5 Å². The van der Waals surface area contributed by atoms with Crippen LogP contribution >= 0.6 is 0 Å². The zero-order valence-electron chi connectivity index (χ0n) is 12.3. The van der Waals surface area contributed by atoms with Gasteiger partial charge in [0, 0.05) is 5.56 Å². The van der Waals surface area contributed by atoms with E-state index in [1.165, 1.54) is 7.11 Å². The first kappa shape index (κ1) is 14.7. The van der Waals surface area contributed by atoms with Crippen LogP contribution in [0.2, 0.25) is 0 Å². The second-order valence-corrected chi connectivity index (χ2v) is 5.74. The van der Waals surface area contributed by atoms with Gasteiger partial charge < -0.3 is 14.6 Å². The largest absolute Gasteiger partial charge is 0.508 e. The number of hydrogen-bond acceptors (Lipinski definition) is 4. The highest BCUT2D eigenvalue weighted by atomic mass is 16.5. The van der Waals surface area contributed by atoms with Gasteiger partial charge in [0.15, 0.2) is 0 Å². The van der Waals surface area contributed by atoms with E-state index in [0.29, 0.717) is 5.75 Å². The van der Waals surface area contributed by atoms with E-state index in [2.05, 4.69) is 6.92 Å². The fourth-order valence-corrected chi connectivity index (χ4v) is 3.05. The first-order chi connectivity index (χ1) is 9.50. The summed E-state index contributed by atoms with van der Waals surface area (Å²) >= 11 is 0. The minimum Gasteiger partial charge on any atom is -0.508 e. The van der Waals surface area contributed by atoms with Gasteiger partial charge in [-0.2, -0.15) is 0 Å². The Morgan fingerprint density at radius 3 is 2.50 bits per heavy atom. The lowest BCUT2D eigenvalue weighted by atomic mass is 9.67. The van der Waals surface area contributed by atoms with Gasteiger partial charge in [0.05, 0.1) is 20.1 Å². The van der Waals surface area contributed by atoms with E-state index in [4.69, 9.17) is 9.47 Å². The minimum absolute atomic E-state index is 0.0131. The maximum atomic E-state index is 11.6. The van der Waals surface area contributed by atoms with Gasteiger partial charge in [-0.15, -0.1) is 0 Å². The Hall–Kier alpha value is -1.71. The van der Waals surface area contributed by atoms with Crippen molar-refractivity contribution >= 4 is 5.97 Å². The van der Waals surface area contributed by atoms with Gasteiger partial charge in [0.2, 0.25) is 0 Å². The van der Waals surface area contributed by atoms with Gasteiger partial charge in [0.25, 0.3) is 0 Å². The normalized spacial score (nSPS) is 26.1. The van der Waals surface area contributed by atoms with Gasteiger partial charge in [-0.05, 0) is 49.3 Å². The topological polar surface area (TPSA) is 55.8 Å². The number of rotatable bonds is 3. The van der Waals surface area contributed by atoms with E-state index in [1.54, 1.807) is 19.2 Å². The molecule has 0 amide bonds. The van der Waals surface area contributed by atoms with E-state index in [0.717, 1.165) is 37.0 Å². The fourth-order valence-electron chi connectivity index (χ4n) is 3.05. The van der Waals surface area contributed by atoms with Crippen molar-refractivity contribution in [1.82, 2.24) is 0 Å². The Bertz CT molecular complexity index is 487. The molecule has 0 unspecified atom stereocenters. The quantitative estimate of drug-likeness (QED) is 0.863. The zero-order valence-corrected chi connectivity index (χ0v) is 12.3. The Balaban J connectivity index is 2.19. The summed E-state index contributed by atoms with van der Waals surface area (Å²) in [7, 11) is 3.05. The molecule has 0 aromatic heterocycles. The van der Waals surface area contributed by atoms with Gasteiger partial charge >= 0.3 is 5.97 Å². The first-order valence-electron chi connectivity index (χ1n) is 6.95. The molecule has 0 radical (unpaired) electrons. The van der Waals surface area contributed by atoms with Crippen molar-refractivity contribution in [2.45, 2.75) is 38.0 Å². The smallest absolute Gasteiger partial charge is 0.308 e. The molecule has 0 spiro atoms. The summed E-state index contributed by atoms with van der Waals surface area (Å²) in [6.07, 6.45) is 3.29. The molecule has 0 bridgehead atoms. The van der Waals surface area contributed by atoms with Gasteiger partial charge in [-0.3, -0.25) is 4.79 Å². The third-order valence-electron chi connectivity index (χ3n) is 4.48. The van der Waals surface area contributed by atoms with E-state index in [-0.39, 0.29) is 17.3 Å². The monoisotopic (exact) mass is 278 g/mol. The molecule has 0 saturated heterocycles. The molecule has 110 valence electrons. The first-order valence-corrected chi connectivity index (χ1v) is 6.95. The Labute approximate surface area is 119 Å². The van der Waals surface area contributed by atoms with E-state index in [1.807, 2.05) is 6.07 Å². The Kier molecular flexibility index (Phi) is 4.21. The van der Waals surface area contributed by atoms with E-state index < -0.39 is 0 Å². The molecule has 1 aliphatic rings. The number of esters is 1. The third kappa shape index (κ3) is 2.74. The highest BCUT2D eigenvalue weighted by Crippen LogP contribution is 2.45. The summed E-state index contributed by atoms with van der Waals surface area (Å²) in [6, 6.07) is 5.32. The van der Waals surface area contributed by atoms with Crippen LogP contribution in [0.25, 0.3) is 0 Å². The predicted molar refractivity (Wildman–Crippen MR) is 76.0 cm³/mol. The summed E-state index contributed by atoms with van der Waals surface area (Å²) in [5.41, 5.74) is 0.781. The van der Waals surface area contributed by atoms with Crippen molar-refractivity contribution in [2.75, 3.05) is 14.2 Å². The molecule has 1 saturated carbocycles. The van der Waals surface area contributed by atoms with Crippen LogP contribution in [0.15, 0.2) is 18.2 Å². The van der Waals surface area contributed by atoms with Crippen molar-refractivity contribution < 1.29 is 19.4 Å². The average molecular weight is 278 g/mol. The number of phenols is 1. The van der Waals surface area contributed by atoms with Crippen molar-refractivity contribution in [3.05, 3.63) is 23.8 Å². The molecular weight excluding hydrogens is 256 g/mol. The molecule has 20 heavy (non-hydrogen) atoms. The molecule has 0 atom stereocenters. The van der Waals surface area contributed by atoms with Crippen LogP contribution in [-0.4, -0.2) is 25.3 Å². The number of methoxy groups -OCH3 is 2. The van der Waals surface area contributed by atoms with Crippen LogP contribution in [0.1, 0.15) is 38.2 Å². The molecule has 4 heteroatoms. The number of benzene rings is 1. The van der Waals surface area contributed by atoms with Crippen LogP contribution < -0.4 is 4.74 Å². The lowest BCUT2D eigenvalue weighted by Crippen LogP contribution is -2.32. The molecule has 2 rings (SSSR count). The van der Waals surface area contributed by atoms with Crippen LogP contribution in [0.3, 0.4) is 0 Å². The fraction of sp³-hybridized carbons (Fsp3) is 0.562. The summed E-state index contributed by atoms with van der Waals surface area (Å²) in [6.45, 7) is 2.13. The molecule has 1 aliphatic carbocycles. The van der Waals surface area contributed by atoms with Crippen molar-refractivity contribution in [3.8, 4) is 11.5 Å². The standard InChI is InChI=1S/C16H22O4/c1-16(8-6-11(7-9-16)15(18)20-3)13-10-12(19-2)4-5-14(13)17/h4-5,10-11,17H,6-9H2,1-3H3. The lowest BCUT2D eigenvalue weighted by Gasteiger charge is -2.37. The van der Waals surface area contributed by atoms with Crippen molar-refractivity contribution in [2.24, 2.45) is 5.92 Å². The van der Waals surface area contributed by atoms with Crippen molar-refractivity contribution in [3.63, 3.8) is 0 Å². The second kappa shape index (κ2) is 5.73. The van der Waals surface area contributed by atoms with Crippen LogP contribution in [0.4, 0.5) is 0 Å². The Morgan fingerprint density at radius 2 is 1.95 bits per heavy atom. The van der Waals surface area contributed by atoms with E-state index in [9.17, 15) is 9.90 Å². The number of hydrogen-bond donors (Lipinski definition) is 1. The molecule has 0 aliphatic heterocycles. The van der Waals surface area contributed by atoms with E-state index >= 15 is 0 Å². The maximum Gasteiger partial charge on any atom is 0.308 e. The van der Waals surface area contributed by atoms with Crippen LogP contribution in [0, 0.1) is 5.92 Å². The summed E-state index contributed by atoms with van der Waals surface area (Å²) in [4.78, 5) is 11.6. The minimum atomic E-state index is -0.123. The molecule has 4 nitrogen and oxygen atoms in total. The molecular formula is C16H22O4. The second-order valence-electron chi connectivity index (χ2n) is 5.74. The third-order valence-corrected chi connectivity index (χ3v) is 4.48. The van der Waals surface area contributed by atoms with Crippen LogP contribution in [0.5, 0.6) is 11.5 Å². The van der Waals surface area contributed by atoms with Crippen LogP contribution in [-0.2, 0) is 14.9 Å². The average Bonchev–Trinajstić information content (AvgIpc) is 2.47. The molecule has 0 heterocycles.